The first-order valence-corrected chi connectivity index (χ1v) is 11.8. The molecule has 2 amide bonds. The second-order valence-electron chi connectivity index (χ2n) is 8.09. The molecule has 1 saturated heterocycles. The number of anilines is 2. The van der Waals surface area contributed by atoms with Crippen molar-refractivity contribution in [2.24, 2.45) is 0 Å². The van der Waals surface area contributed by atoms with Crippen LogP contribution in [-0.4, -0.2) is 41.9 Å². The lowest BCUT2D eigenvalue weighted by atomic mass is 10.1. The van der Waals surface area contributed by atoms with E-state index in [1.807, 2.05) is 30.3 Å². The summed E-state index contributed by atoms with van der Waals surface area (Å²) in [6.45, 7) is 1.82. The molecule has 2 aliphatic heterocycles. The number of nitrogens with zero attached hydrogens (tertiary/aromatic N) is 2. The number of benzene rings is 2. The van der Waals surface area contributed by atoms with Crippen LogP contribution >= 0.6 is 11.8 Å². The van der Waals surface area contributed by atoms with Gasteiger partial charge in [-0.25, -0.2) is 9.18 Å². The Balaban J connectivity index is 1.10. The van der Waals surface area contributed by atoms with Gasteiger partial charge in [0, 0.05) is 28.6 Å². The van der Waals surface area contributed by atoms with Crippen molar-refractivity contribution < 1.29 is 18.7 Å². The maximum absolute atomic E-state index is 13.4. The van der Waals surface area contributed by atoms with E-state index in [-0.39, 0.29) is 23.9 Å². The summed E-state index contributed by atoms with van der Waals surface area (Å²) in [7, 11) is 0. The van der Waals surface area contributed by atoms with Gasteiger partial charge in [-0.1, -0.05) is 6.07 Å². The molecule has 7 nitrogen and oxygen atoms in total. The molecule has 2 aromatic carbocycles. The first-order chi connectivity index (χ1) is 16.0. The molecule has 0 spiro atoms. The third kappa shape index (κ3) is 4.94. The summed E-state index contributed by atoms with van der Waals surface area (Å²) < 4.78 is 18.9. The largest absolute Gasteiger partial charge is 0.444 e. The first-order valence-electron chi connectivity index (χ1n) is 10.9. The van der Waals surface area contributed by atoms with E-state index in [1.54, 1.807) is 11.0 Å². The molecule has 33 heavy (non-hydrogen) atoms. The summed E-state index contributed by atoms with van der Waals surface area (Å²) in [6.07, 6.45) is 1.03. The molecule has 0 radical (unpaired) electrons. The van der Waals surface area contributed by atoms with Crippen LogP contribution in [-0.2, 0) is 16.1 Å². The van der Waals surface area contributed by atoms with E-state index in [9.17, 15) is 14.0 Å². The molecule has 170 valence electrons. The van der Waals surface area contributed by atoms with Crippen molar-refractivity contribution in [3.63, 3.8) is 0 Å². The number of hydrogen-bond donors (Lipinski definition) is 2. The number of pyridine rings is 1. The van der Waals surface area contributed by atoms with Crippen LogP contribution in [0.3, 0.4) is 0 Å². The van der Waals surface area contributed by atoms with Gasteiger partial charge in [-0.2, -0.15) is 0 Å². The molecule has 9 heteroatoms. The van der Waals surface area contributed by atoms with E-state index >= 15 is 0 Å². The van der Waals surface area contributed by atoms with Gasteiger partial charge in [0.15, 0.2) is 0 Å². The lowest BCUT2D eigenvalue weighted by Crippen LogP contribution is -2.25. The zero-order valence-electron chi connectivity index (χ0n) is 17.8. The van der Waals surface area contributed by atoms with Crippen molar-refractivity contribution in [1.29, 1.82) is 0 Å². The van der Waals surface area contributed by atoms with Gasteiger partial charge < -0.3 is 15.4 Å². The molecule has 2 aliphatic rings. The van der Waals surface area contributed by atoms with Crippen molar-refractivity contribution >= 4 is 46.0 Å². The summed E-state index contributed by atoms with van der Waals surface area (Å²) >= 11 is 1.49. The number of carbonyl (C=O) groups is 2. The van der Waals surface area contributed by atoms with E-state index in [0.29, 0.717) is 24.4 Å². The van der Waals surface area contributed by atoms with E-state index in [4.69, 9.17) is 4.74 Å². The molecular weight excluding hydrogens is 443 g/mol. The highest BCUT2D eigenvalue weighted by atomic mass is 32.2. The second kappa shape index (κ2) is 9.36. The Labute approximate surface area is 194 Å². The molecule has 0 saturated carbocycles. The average molecular weight is 467 g/mol. The van der Waals surface area contributed by atoms with Gasteiger partial charge in [-0.3, -0.25) is 14.7 Å². The molecule has 1 aromatic heterocycles. The van der Waals surface area contributed by atoms with E-state index in [2.05, 4.69) is 15.6 Å². The number of halogens is 1. The van der Waals surface area contributed by atoms with Gasteiger partial charge in [0.25, 0.3) is 0 Å². The zero-order valence-corrected chi connectivity index (χ0v) is 18.7. The maximum Gasteiger partial charge on any atom is 0.414 e. The molecule has 5 rings (SSSR count). The Morgan fingerprint density at radius 2 is 2.06 bits per heavy atom. The number of hydrogen-bond acceptors (Lipinski definition) is 6. The molecule has 1 unspecified atom stereocenters. The number of aromatic nitrogens is 1. The lowest BCUT2D eigenvalue weighted by molar-refractivity contribution is -0.113. The number of nitrogens with one attached hydrogen (secondary N) is 2. The van der Waals surface area contributed by atoms with Crippen LogP contribution in [0.25, 0.3) is 10.9 Å². The quantitative estimate of drug-likeness (QED) is 0.505. The van der Waals surface area contributed by atoms with E-state index < -0.39 is 0 Å². The number of fused-ring (bicyclic) bond motifs is 2. The standard InChI is InChI=1S/C24H23FN4O3S/c25-16-5-3-15-4-6-17(27-20(15)10-16)12-26-9-1-2-19-13-29(24(31)32-19)18-7-8-22-21(11-18)28-23(30)14-33-22/h3-8,10-11,19,26H,1-2,9,12-14H2,(H,28,30). The summed E-state index contributed by atoms with van der Waals surface area (Å²) in [6, 6.07) is 14.1. The minimum absolute atomic E-state index is 0.0370. The number of amides is 2. The van der Waals surface area contributed by atoms with Crippen molar-refractivity contribution in [1.82, 2.24) is 10.3 Å². The molecule has 3 heterocycles. The number of thioether (sulfide) groups is 1. The Bertz CT molecular complexity index is 1220. The van der Waals surface area contributed by atoms with Crippen LogP contribution in [0, 0.1) is 5.82 Å². The van der Waals surface area contributed by atoms with Crippen molar-refractivity contribution in [3.05, 3.63) is 60.0 Å². The average Bonchev–Trinajstić information content (AvgIpc) is 3.18. The van der Waals surface area contributed by atoms with Crippen molar-refractivity contribution in [3.8, 4) is 0 Å². The van der Waals surface area contributed by atoms with Gasteiger partial charge >= 0.3 is 6.09 Å². The highest BCUT2D eigenvalue weighted by Crippen LogP contribution is 2.35. The Kier molecular flexibility index (Phi) is 6.15. The number of cyclic esters (lactones) is 1. The van der Waals surface area contributed by atoms with Crippen LogP contribution < -0.4 is 15.5 Å². The van der Waals surface area contributed by atoms with E-state index in [0.717, 1.165) is 46.7 Å². The Hall–Kier alpha value is -3.17. The van der Waals surface area contributed by atoms with Crippen LogP contribution in [0.1, 0.15) is 18.5 Å². The van der Waals surface area contributed by atoms with Crippen LogP contribution in [0.4, 0.5) is 20.6 Å². The van der Waals surface area contributed by atoms with Gasteiger partial charge in [-0.15, -0.1) is 11.8 Å². The number of rotatable bonds is 7. The topological polar surface area (TPSA) is 83.6 Å². The summed E-state index contributed by atoms with van der Waals surface area (Å²) in [4.78, 5) is 31.1. The highest BCUT2D eigenvalue weighted by Gasteiger charge is 2.32. The van der Waals surface area contributed by atoms with Gasteiger partial charge in [0.2, 0.25) is 5.91 Å². The fourth-order valence-electron chi connectivity index (χ4n) is 4.02. The molecule has 0 aliphatic carbocycles. The normalized spacial score (nSPS) is 17.7. The summed E-state index contributed by atoms with van der Waals surface area (Å²) in [5, 5.41) is 7.11. The third-order valence-electron chi connectivity index (χ3n) is 5.68. The van der Waals surface area contributed by atoms with Gasteiger partial charge in [0.05, 0.1) is 29.2 Å². The molecule has 3 aromatic rings. The van der Waals surface area contributed by atoms with Crippen molar-refractivity contribution in [2.75, 3.05) is 29.1 Å². The predicted octanol–water partition coefficient (Wildman–Crippen LogP) is 4.31. The van der Waals surface area contributed by atoms with E-state index in [1.165, 1.54) is 23.9 Å². The second-order valence-corrected chi connectivity index (χ2v) is 9.11. The molecule has 1 fully saturated rings. The molecule has 2 N–H and O–H groups in total. The van der Waals surface area contributed by atoms with Gasteiger partial charge in [-0.05, 0) is 55.8 Å². The van der Waals surface area contributed by atoms with Crippen LogP contribution in [0.2, 0.25) is 0 Å². The zero-order chi connectivity index (χ0) is 22.8. The Morgan fingerprint density at radius 3 is 2.97 bits per heavy atom. The third-order valence-corrected chi connectivity index (χ3v) is 6.75. The summed E-state index contributed by atoms with van der Waals surface area (Å²) in [5.41, 5.74) is 2.96. The number of ether oxygens (including phenoxy) is 1. The minimum atomic E-state index is -0.365. The smallest absolute Gasteiger partial charge is 0.414 e. The molecular formula is C24H23FN4O3S. The maximum atomic E-state index is 13.4. The van der Waals surface area contributed by atoms with Crippen LogP contribution in [0.15, 0.2) is 53.4 Å². The van der Waals surface area contributed by atoms with Gasteiger partial charge in [0.1, 0.15) is 11.9 Å². The minimum Gasteiger partial charge on any atom is -0.444 e. The molecule has 0 bridgehead atoms. The monoisotopic (exact) mass is 466 g/mol. The van der Waals surface area contributed by atoms with Crippen molar-refractivity contribution in [2.45, 2.75) is 30.4 Å². The predicted molar refractivity (Wildman–Crippen MR) is 126 cm³/mol. The highest BCUT2D eigenvalue weighted by molar-refractivity contribution is 8.00. The Morgan fingerprint density at radius 1 is 1.18 bits per heavy atom. The summed E-state index contributed by atoms with van der Waals surface area (Å²) in [5.74, 6) is 0.0772. The lowest BCUT2D eigenvalue weighted by Gasteiger charge is -2.20. The molecule has 1 atom stereocenters. The SMILES string of the molecule is O=C1CSc2ccc(N3CC(CCCNCc4ccc5ccc(F)cc5n4)OC3=O)cc2N1. The number of carbonyl (C=O) groups excluding carboxylic acids is 2. The van der Waals surface area contributed by atoms with Crippen LogP contribution in [0.5, 0.6) is 0 Å². The fraction of sp³-hybridized carbons (Fsp3) is 0.292. The first kappa shape index (κ1) is 21.7. The fourth-order valence-corrected chi connectivity index (χ4v) is 4.81.